The van der Waals surface area contributed by atoms with E-state index in [2.05, 4.69) is 4.99 Å². The molecule has 0 unspecified atom stereocenters. The lowest BCUT2D eigenvalue weighted by Gasteiger charge is -2.05. The Bertz CT molecular complexity index is 719. The van der Waals surface area contributed by atoms with Crippen LogP contribution in [0.5, 0.6) is 0 Å². The molecule has 0 aliphatic rings. The SMILES string of the molecule is NC(=NC(=O)Cc1c(Cl)cccc1Cl)c1cc(Cl)cc(Cl)c1. The van der Waals surface area contributed by atoms with Crippen LogP contribution in [0.3, 0.4) is 0 Å². The summed E-state index contributed by atoms with van der Waals surface area (Å²) in [6, 6.07) is 9.71. The first-order chi connectivity index (χ1) is 10.4. The van der Waals surface area contributed by atoms with Crippen LogP contribution >= 0.6 is 46.4 Å². The van der Waals surface area contributed by atoms with Crippen molar-refractivity contribution in [1.29, 1.82) is 0 Å². The van der Waals surface area contributed by atoms with Gasteiger partial charge in [-0.1, -0.05) is 52.5 Å². The number of hydrogen-bond donors (Lipinski definition) is 1. The summed E-state index contributed by atoms with van der Waals surface area (Å²) in [4.78, 5) is 15.8. The Labute approximate surface area is 147 Å². The highest BCUT2D eigenvalue weighted by molar-refractivity contribution is 6.36. The third-order valence-electron chi connectivity index (χ3n) is 2.79. The van der Waals surface area contributed by atoms with Crippen molar-refractivity contribution in [1.82, 2.24) is 0 Å². The number of carbonyl (C=O) groups excluding carboxylic acids is 1. The maximum atomic E-state index is 12.0. The Morgan fingerprint density at radius 3 is 2.09 bits per heavy atom. The summed E-state index contributed by atoms with van der Waals surface area (Å²) in [6.07, 6.45) is -0.0481. The van der Waals surface area contributed by atoms with Crippen LogP contribution in [-0.4, -0.2) is 11.7 Å². The highest BCUT2D eigenvalue weighted by Crippen LogP contribution is 2.25. The molecular formula is C15H10Cl4N2O. The molecule has 1 amide bonds. The second-order valence-electron chi connectivity index (χ2n) is 4.43. The Kier molecular flexibility index (Phi) is 5.70. The Morgan fingerprint density at radius 1 is 1.00 bits per heavy atom. The van der Waals surface area contributed by atoms with E-state index < -0.39 is 5.91 Å². The number of amides is 1. The minimum absolute atomic E-state index is 0.0255. The molecule has 0 aliphatic heterocycles. The fourth-order valence-electron chi connectivity index (χ4n) is 1.79. The molecule has 0 saturated carbocycles. The average molecular weight is 376 g/mol. The number of rotatable bonds is 3. The molecule has 2 N–H and O–H groups in total. The van der Waals surface area contributed by atoms with Crippen molar-refractivity contribution in [2.24, 2.45) is 10.7 Å². The Hall–Kier alpha value is -1.26. The first kappa shape index (κ1) is 17.1. The number of nitrogens with two attached hydrogens (primary N) is 1. The van der Waals surface area contributed by atoms with Crippen molar-refractivity contribution >= 4 is 58.1 Å². The molecule has 0 heterocycles. The van der Waals surface area contributed by atoms with E-state index in [9.17, 15) is 4.79 Å². The average Bonchev–Trinajstić information content (AvgIpc) is 2.42. The van der Waals surface area contributed by atoms with Gasteiger partial charge in [-0.15, -0.1) is 0 Å². The maximum Gasteiger partial charge on any atom is 0.252 e. The van der Waals surface area contributed by atoms with Crippen LogP contribution in [0.2, 0.25) is 20.1 Å². The standard InChI is InChI=1S/C15H10Cl4N2O/c16-9-4-8(5-10(17)6-9)15(20)21-14(22)7-11-12(18)2-1-3-13(11)19/h1-6H,7H2,(H2,20,21,22). The van der Waals surface area contributed by atoms with Gasteiger partial charge in [0, 0.05) is 25.7 Å². The van der Waals surface area contributed by atoms with E-state index >= 15 is 0 Å². The highest BCUT2D eigenvalue weighted by atomic mass is 35.5. The van der Waals surface area contributed by atoms with Crippen molar-refractivity contribution in [2.45, 2.75) is 6.42 Å². The van der Waals surface area contributed by atoms with Crippen LogP contribution < -0.4 is 5.73 Å². The topological polar surface area (TPSA) is 55.4 Å². The first-order valence-electron chi connectivity index (χ1n) is 6.13. The van der Waals surface area contributed by atoms with Crippen molar-refractivity contribution < 1.29 is 4.79 Å². The molecule has 3 nitrogen and oxygen atoms in total. The third kappa shape index (κ3) is 4.37. The molecule has 0 bridgehead atoms. The van der Waals surface area contributed by atoms with Gasteiger partial charge in [0.25, 0.3) is 5.91 Å². The van der Waals surface area contributed by atoms with Crippen LogP contribution in [0.15, 0.2) is 41.4 Å². The van der Waals surface area contributed by atoms with Gasteiger partial charge in [-0.2, -0.15) is 4.99 Å². The summed E-state index contributed by atoms with van der Waals surface area (Å²) in [5.74, 6) is -0.443. The number of amidine groups is 1. The molecule has 2 aromatic carbocycles. The minimum atomic E-state index is -0.469. The van der Waals surface area contributed by atoms with E-state index in [0.29, 0.717) is 31.2 Å². The van der Waals surface area contributed by atoms with Gasteiger partial charge < -0.3 is 5.73 Å². The molecule has 7 heteroatoms. The van der Waals surface area contributed by atoms with Crippen molar-refractivity contribution in [3.05, 3.63) is 67.6 Å². The van der Waals surface area contributed by atoms with Gasteiger partial charge in [0.05, 0.1) is 6.42 Å². The lowest BCUT2D eigenvalue weighted by atomic mass is 10.1. The normalized spacial score (nSPS) is 11.5. The molecule has 114 valence electrons. The molecule has 0 atom stereocenters. The largest absolute Gasteiger partial charge is 0.383 e. The number of hydrogen-bond acceptors (Lipinski definition) is 1. The van der Waals surface area contributed by atoms with Crippen molar-refractivity contribution in [3.8, 4) is 0 Å². The predicted molar refractivity (Wildman–Crippen MR) is 92.4 cm³/mol. The highest BCUT2D eigenvalue weighted by Gasteiger charge is 2.11. The zero-order chi connectivity index (χ0) is 16.3. The second kappa shape index (κ2) is 7.34. The predicted octanol–water partition coefficient (Wildman–Crippen LogP) is 4.77. The van der Waals surface area contributed by atoms with Gasteiger partial charge >= 0.3 is 0 Å². The summed E-state index contributed by atoms with van der Waals surface area (Å²) in [6.45, 7) is 0. The summed E-state index contributed by atoms with van der Waals surface area (Å²) in [5.41, 5.74) is 6.79. The van der Waals surface area contributed by atoms with E-state index in [4.69, 9.17) is 52.1 Å². The maximum absolute atomic E-state index is 12.0. The fourth-order valence-corrected chi connectivity index (χ4v) is 2.85. The fraction of sp³-hybridized carbons (Fsp3) is 0.0667. The van der Waals surface area contributed by atoms with Crippen LogP contribution in [-0.2, 0) is 11.2 Å². The number of carbonyl (C=O) groups is 1. The van der Waals surface area contributed by atoms with E-state index in [0.717, 1.165) is 0 Å². The van der Waals surface area contributed by atoms with Gasteiger partial charge in [0.2, 0.25) is 0 Å². The van der Waals surface area contributed by atoms with Crippen molar-refractivity contribution in [2.75, 3.05) is 0 Å². The monoisotopic (exact) mass is 374 g/mol. The molecule has 0 aromatic heterocycles. The lowest BCUT2D eigenvalue weighted by molar-refractivity contribution is -0.117. The van der Waals surface area contributed by atoms with Crippen LogP contribution in [0.4, 0.5) is 0 Å². The van der Waals surface area contributed by atoms with E-state index in [-0.39, 0.29) is 12.3 Å². The number of nitrogens with zero attached hydrogens (tertiary/aromatic N) is 1. The number of benzene rings is 2. The molecule has 0 spiro atoms. The molecule has 0 aliphatic carbocycles. The summed E-state index contributed by atoms with van der Waals surface area (Å²) < 4.78 is 0. The molecule has 0 fully saturated rings. The lowest BCUT2D eigenvalue weighted by Crippen LogP contribution is -2.16. The number of aliphatic imine (C=N–C) groups is 1. The van der Waals surface area contributed by atoms with Gasteiger partial charge in [-0.05, 0) is 35.9 Å². The van der Waals surface area contributed by atoms with Crippen molar-refractivity contribution in [3.63, 3.8) is 0 Å². The summed E-state index contributed by atoms with van der Waals surface area (Å²) in [7, 11) is 0. The van der Waals surface area contributed by atoms with Gasteiger partial charge in [-0.3, -0.25) is 4.79 Å². The molecular weight excluding hydrogens is 366 g/mol. The first-order valence-corrected chi connectivity index (χ1v) is 7.64. The van der Waals surface area contributed by atoms with E-state index in [1.165, 1.54) is 0 Å². The smallest absolute Gasteiger partial charge is 0.252 e. The molecule has 22 heavy (non-hydrogen) atoms. The molecule has 2 aromatic rings. The van der Waals surface area contributed by atoms with Gasteiger partial charge in [-0.25, -0.2) is 0 Å². The van der Waals surface area contributed by atoms with E-state index in [1.54, 1.807) is 36.4 Å². The zero-order valence-corrected chi connectivity index (χ0v) is 14.1. The Balaban J connectivity index is 2.23. The quantitative estimate of drug-likeness (QED) is 0.620. The summed E-state index contributed by atoms with van der Waals surface area (Å²) in [5, 5.41) is 1.62. The number of halogens is 4. The van der Waals surface area contributed by atoms with Gasteiger partial charge in [0.1, 0.15) is 5.84 Å². The van der Waals surface area contributed by atoms with Crippen LogP contribution in [0.25, 0.3) is 0 Å². The summed E-state index contributed by atoms with van der Waals surface area (Å²) >= 11 is 23.8. The zero-order valence-electron chi connectivity index (χ0n) is 11.1. The molecule has 0 saturated heterocycles. The molecule has 2 rings (SSSR count). The van der Waals surface area contributed by atoms with E-state index in [1.807, 2.05) is 0 Å². The third-order valence-corrected chi connectivity index (χ3v) is 3.94. The van der Waals surface area contributed by atoms with Crippen LogP contribution in [0, 0.1) is 0 Å². The van der Waals surface area contributed by atoms with Crippen LogP contribution in [0.1, 0.15) is 11.1 Å². The minimum Gasteiger partial charge on any atom is -0.383 e. The van der Waals surface area contributed by atoms with Gasteiger partial charge in [0.15, 0.2) is 0 Å². The second-order valence-corrected chi connectivity index (χ2v) is 6.11. The molecule has 0 radical (unpaired) electrons. The Morgan fingerprint density at radius 2 is 1.55 bits per heavy atom.